The van der Waals surface area contributed by atoms with Gasteiger partial charge in [0.25, 0.3) is 0 Å². The lowest BCUT2D eigenvalue weighted by molar-refractivity contribution is 0.265. The molecule has 1 aromatic rings. The third-order valence-corrected chi connectivity index (χ3v) is 5.82. The molecule has 2 N–H and O–H groups in total. The van der Waals surface area contributed by atoms with E-state index >= 15 is 0 Å². The van der Waals surface area contributed by atoms with E-state index in [-0.39, 0.29) is 11.2 Å². The molecule has 4 nitrogen and oxygen atoms in total. The Labute approximate surface area is 150 Å². The predicted octanol–water partition coefficient (Wildman–Crippen LogP) is 2.75. The van der Waals surface area contributed by atoms with E-state index in [2.05, 4.69) is 41.3 Å². The maximum atomic E-state index is 13.2. The van der Waals surface area contributed by atoms with Crippen LogP contribution in [0.15, 0.2) is 29.3 Å². The smallest absolute Gasteiger partial charge is 0.191 e. The number of guanidine groups is 1. The van der Waals surface area contributed by atoms with E-state index in [4.69, 9.17) is 0 Å². The van der Waals surface area contributed by atoms with Crippen molar-refractivity contribution in [3.63, 3.8) is 0 Å². The Morgan fingerprint density at radius 2 is 1.96 bits per heavy atom. The number of nitrogens with zero attached hydrogens (tertiary/aromatic N) is 2. The minimum atomic E-state index is -0.171. The van der Waals surface area contributed by atoms with Crippen LogP contribution in [-0.2, 0) is 5.41 Å². The molecule has 2 unspecified atom stereocenters. The van der Waals surface area contributed by atoms with E-state index < -0.39 is 0 Å². The van der Waals surface area contributed by atoms with Gasteiger partial charge >= 0.3 is 0 Å². The molecule has 0 amide bonds. The van der Waals surface area contributed by atoms with Crippen LogP contribution in [0.25, 0.3) is 0 Å². The van der Waals surface area contributed by atoms with E-state index in [0.29, 0.717) is 18.0 Å². The van der Waals surface area contributed by atoms with Gasteiger partial charge in [0.1, 0.15) is 5.82 Å². The van der Waals surface area contributed by atoms with Crippen LogP contribution < -0.4 is 10.6 Å². The molecule has 1 heterocycles. The highest BCUT2D eigenvalue weighted by atomic mass is 19.1. The Bertz CT molecular complexity index is 607. The number of likely N-dealkylation sites (tertiary alicyclic amines) is 1. The Balaban J connectivity index is 1.56. The zero-order valence-corrected chi connectivity index (χ0v) is 15.8. The van der Waals surface area contributed by atoms with E-state index in [1.165, 1.54) is 5.56 Å². The second-order valence-corrected chi connectivity index (χ2v) is 7.99. The summed E-state index contributed by atoms with van der Waals surface area (Å²) in [6.45, 7) is 9.83. The van der Waals surface area contributed by atoms with Gasteiger partial charge in [0.15, 0.2) is 5.96 Å². The average molecular weight is 346 g/mol. The molecule has 1 saturated heterocycles. The number of hydrogen-bond acceptors (Lipinski definition) is 2. The lowest BCUT2D eigenvalue weighted by Crippen LogP contribution is -2.48. The Morgan fingerprint density at radius 3 is 2.48 bits per heavy atom. The summed E-state index contributed by atoms with van der Waals surface area (Å²) in [6, 6.07) is 7.96. The maximum absolute atomic E-state index is 13.2. The molecule has 1 aliphatic carbocycles. The molecule has 25 heavy (non-hydrogen) atoms. The van der Waals surface area contributed by atoms with Crippen molar-refractivity contribution in [1.82, 2.24) is 15.5 Å². The molecular formula is C20H31FN4. The minimum Gasteiger partial charge on any atom is -0.356 e. The lowest BCUT2D eigenvalue weighted by atomic mass is 9.96. The van der Waals surface area contributed by atoms with Gasteiger partial charge in [-0.1, -0.05) is 19.1 Å². The van der Waals surface area contributed by atoms with Gasteiger partial charge in [-0.15, -0.1) is 0 Å². The number of halogens is 1. The van der Waals surface area contributed by atoms with E-state index in [1.807, 2.05) is 19.2 Å². The molecular weight excluding hydrogens is 315 g/mol. The minimum absolute atomic E-state index is 0.135. The molecule has 0 bridgehead atoms. The number of nitrogens with one attached hydrogen (secondary N) is 2. The van der Waals surface area contributed by atoms with Gasteiger partial charge in [0, 0.05) is 44.2 Å². The zero-order chi connectivity index (χ0) is 18.0. The van der Waals surface area contributed by atoms with Crippen molar-refractivity contribution >= 4 is 5.96 Å². The van der Waals surface area contributed by atoms with Crippen LogP contribution in [0.5, 0.6) is 0 Å². The SMILES string of the molecule is CN=C(NCC1(c2ccc(F)cc2)CC1)NC1CN(C(C)C)CC1C. The topological polar surface area (TPSA) is 39.7 Å². The molecule has 1 aromatic carbocycles. The van der Waals surface area contributed by atoms with E-state index in [0.717, 1.165) is 38.4 Å². The fourth-order valence-electron chi connectivity index (χ4n) is 3.76. The maximum Gasteiger partial charge on any atom is 0.191 e. The van der Waals surface area contributed by atoms with Crippen molar-refractivity contribution in [2.45, 2.75) is 51.1 Å². The number of rotatable bonds is 5. The van der Waals surface area contributed by atoms with Crippen LogP contribution in [0.2, 0.25) is 0 Å². The largest absolute Gasteiger partial charge is 0.356 e. The Hall–Kier alpha value is -1.62. The van der Waals surface area contributed by atoms with Crippen LogP contribution in [0.1, 0.15) is 39.2 Å². The summed E-state index contributed by atoms with van der Waals surface area (Å²) in [6.07, 6.45) is 2.28. The van der Waals surface area contributed by atoms with Crippen molar-refractivity contribution < 1.29 is 4.39 Å². The number of hydrogen-bond donors (Lipinski definition) is 2. The van der Waals surface area contributed by atoms with Crippen LogP contribution in [0.3, 0.4) is 0 Å². The molecule has 0 spiro atoms. The zero-order valence-electron chi connectivity index (χ0n) is 15.8. The van der Waals surface area contributed by atoms with E-state index in [1.54, 1.807) is 12.1 Å². The van der Waals surface area contributed by atoms with Gasteiger partial charge in [0.2, 0.25) is 0 Å². The van der Waals surface area contributed by atoms with Gasteiger partial charge in [0.05, 0.1) is 0 Å². The normalized spacial score (nSPS) is 26.1. The highest BCUT2D eigenvalue weighted by Crippen LogP contribution is 2.47. The molecule has 1 saturated carbocycles. The highest BCUT2D eigenvalue weighted by molar-refractivity contribution is 5.80. The van der Waals surface area contributed by atoms with E-state index in [9.17, 15) is 4.39 Å². The molecule has 2 aliphatic rings. The summed E-state index contributed by atoms with van der Waals surface area (Å²) < 4.78 is 13.2. The van der Waals surface area contributed by atoms with Crippen LogP contribution in [-0.4, -0.2) is 49.6 Å². The third kappa shape index (κ3) is 4.14. The summed E-state index contributed by atoms with van der Waals surface area (Å²) in [4.78, 5) is 6.92. The summed E-state index contributed by atoms with van der Waals surface area (Å²) in [5, 5.41) is 7.10. The fraction of sp³-hybridized carbons (Fsp3) is 0.650. The van der Waals surface area contributed by atoms with Crippen molar-refractivity contribution in [3.05, 3.63) is 35.6 Å². The van der Waals surface area contributed by atoms with Crippen molar-refractivity contribution in [3.8, 4) is 0 Å². The van der Waals surface area contributed by atoms with Crippen LogP contribution in [0.4, 0.5) is 4.39 Å². The standard InChI is InChI=1S/C20H31FN4/c1-14(2)25-11-15(3)18(12-25)24-19(22-4)23-13-20(9-10-20)16-5-7-17(21)8-6-16/h5-8,14-15,18H,9-13H2,1-4H3,(H2,22,23,24). The first-order valence-corrected chi connectivity index (χ1v) is 9.41. The summed E-state index contributed by atoms with van der Waals surface area (Å²) in [5.74, 6) is 1.30. The molecule has 0 aromatic heterocycles. The molecule has 3 rings (SSSR count). The van der Waals surface area contributed by atoms with Crippen molar-refractivity contribution in [2.75, 3.05) is 26.7 Å². The molecule has 138 valence electrons. The molecule has 1 aliphatic heterocycles. The number of aliphatic imine (C=N–C) groups is 1. The van der Waals surface area contributed by atoms with Gasteiger partial charge in [-0.25, -0.2) is 4.39 Å². The summed E-state index contributed by atoms with van der Waals surface area (Å²) >= 11 is 0. The predicted molar refractivity (Wildman–Crippen MR) is 101 cm³/mol. The third-order valence-electron chi connectivity index (χ3n) is 5.82. The quantitative estimate of drug-likeness (QED) is 0.636. The summed E-state index contributed by atoms with van der Waals surface area (Å²) in [5.41, 5.74) is 1.36. The van der Waals surface area contributed by atoms with Gasteiger partial charge in [-0.05, 0) is 50.3 Å². The van der Waals surface area contributed by atoms with Crippen molar-refractivity contribution in [2.24, 2.45) is 10.9 Å². The summed E-state index contributed by atoms with van der Waals surface area (Å²) in [7, 11) is 1.83. The first-order chi connectivity index (χ1) is 11.9. The second kappa shape index (κ2) is 7.32. The first-order valence-electron chi connectivity index (χ1n) is 9.41. The van der Waals surface area contributed by atoms with Gasteiger partial charge in [-0.3, -0.25) is 9.89 Å². The van der Waals surface area contributed by atoms with Crippen LogP contribution >= 0.6 is 0 Å². The second-order valence-electron chi connectivity index (χ2n) is 7.99. The lowest BCUT2D eigenvalue weighted by Gasteiger charge is -2.23. The van der Waals surface area contributed by atoms with Gasteiger partial charge < -0.3 is 10.6 Å². The molecule has 0 radical (unpaired) electrons. The highest BCUT2D eigenvalue weighted by Gasteiger charge is 2.44. The molecule has 2 fully saturated rings. The average Bonchev–Trinajstić information content (AvgIpc) is 3.29. The van der Waals surface area contributed by atoms with Crippen LogP contribution in [0, 0.1) is 11.7 Å². The van der Waals surface area contributed by atoms with Crippen molar-refractivity contribution in [1.29, 1.82) is 0 Å². The first kappa shape index (κ1) is 18.2. The Kier molecular flexibility index (Phi) is 5.32. The fourth-order valence-corrected chi connectivity index (χ4v) is 3.76. The number of benzene rings is 1. The molecule has 5 heteroatoms. The molecule has 2 atom stereocenters. The Morgan fingerprint density at radius 1 is 1.28 bits per heavy atom. The van der Waals surface area contributed by atoms with Gasteiger partial charge in [-0.2, -0.15) is 0 Å². The monoisotopic (exact) mass is 346 g/mol.